The summed E-state index contributed by atoms with van der Waals surface area (Å²) in [5.41, 5.74) is 0.498. The fraction of sp³-hybridized carbons (Fsp3) is 0.182. The van der Waals surface area contributed by atoms with Gasteiger partial charge >= 0.3 is 0 Å². The predicted molar refractivity (Wildman–Crippen MR) is 85.6 cm³/mol. The zero-order valence-electron chi connectivity index (χ0n) is 9.97. The quantitative estimate of drug-likeness (QED) is 0.720. The van der Waals surface area contributed by atoms with Crippen LogP contribution < -0.4 is 4.72 Å². The minimum Gasteiger partial charge on any atom is -0.336 e. The van der Waals surface area contributed by atoms with Gasteiger partial charge in [-0.05, 0) is 63.6 Å². The summed E-state index contributed by atoms with van der Waals surface area (Å²) in [5.74, 6) is 0. The Hall–Kier alpha value is -0.610. The van der Waals surface area contributed by atoms with Gasteiger partial charge in [0, 0.05) is 20.8 Å². The van der Waals surface area contributed by atoms with E-state index in [2.05, 4.69) is 48.2 Å². The van der Waals surface area contributed by atoms with Gasteiger partial charge < -0.3 is 4.57 Å². The molecule has 0 atom stereocenters. The van der Waals surface area contributed by atoms with Crippen LogP contribution in [0.5, 0.6) is 0 Å². The zero-order chi connectivity index (χ0) is 14.0. The van der Waals surface area contributed by atoms with Crippen molar-refractivity contribution in [1.82, 2.24) is 9.55 Å². The van der Waals surface area contributed by atoms with E-state index in [1.807, 2.05) is 13.0 Å². The van der Waals surface area contributed by atoms with E-state index in [9.17, 15) is 8.42 Å². The first-order valence-corrected chi connectivity index (χ1v) is 8.77. The van der Waals surface area contributed by atoms with Gasteiger partial charge in [0.1, 0.15) is 0 Å². The summed E-state index contributed by atoms with van der Waals surface area (Å²) in [7, 11) is -3.66. The molecule has 8 heteroatoms. The third kappa shape index (κ3) is 3.48. The van der Waals surface area contributed by atoms with Crippen molar-refractivity contribution in [3.63, 3.8) is 0 Å². The van der Waals surface area contributed by atoms with Crippen molar-refractivity contribution in [3.05, 3.63) is 38.8 Å². The fourth-order valence-electron chi connectivity index (χ4n) is 1.42. The Morgan fingerprint density at radius 3 is 2.84 bits per heavy atom. The number of hydrogen-bond acceptors (Lipinski definition) is 3. The van der Waals surface area contributed by atoms with Crippen molar-refractivity contribution < 1.29 is 8.42 Å². The number of nitrogens with zero attached hydrogens (tertiary/aromatic N) is 2. The largest absolute Gasteiger partial charge is 0.336 e. The molecule has 19 heavy (non-hydrogen) atoms. The summed E-state index contributed by atoms with van der Waals surface area (Å²) in [5, 5.41) is 0.0140. The first kappa shape index (κ1) is 14.8. The fourth-order valence-corrected chi connectivity index (χ4v) is 3.42. The molecule has 102 valence electrons. The predicted octanol–water partition coefficient (Wildman–Crippen LogP) is 3.07. The minimum absolute atomic E-state index is 0.0140. The molecule has 0 aliphatic heterocycles. The number of aromatic nitrogens is 2. The number of aryl methyl sites for hydroxylation is 1. The zero-order valence-corrected chi connectivity index (χ0v) is 14.5. The molecule has 0 unspecified atom stereocenters. The second-order valence-electron chi connectivity index (χ2n) is 3.77. The molecule has 0 aliphatic carbocycles. The normalized spacial score (nSPS) is 11.5. The summed E-state index contributed by atoms with van der Waals surface area (Å²) in [6.45, 7) is 2.59. The Labute approximate surface area is 133 Å². The monoisotopic (exact) mass is 455 g/mol. The maximum atomic E-state index is 12.2. The maximum absolute atomic E-state index is 12.2. The highest BCUT2D eigenvalue weighted by atomic mass is 127. The number of halogens is 2. The molecule has 1 aromatic carbocycles. The maximum Gasteiger partial charge on any atom is 0.280 e. The number of nitrogens with one attached hydrogen (secondary N) is 1. The average molecular weight is 456 g/mol. The molecule has 5 nitrogen and oxygen atoms in total. The topological polar surface area (TPSA) is 64.0 Å². The van der Waals surface area contributed by atoms with Crippen LogP contribution in [0.2, 0.25) is 0 Å². The van der Waals surface area contributed by atoms with Crippen LogP contribution in [0.1, 0.15) is 6.92 Å². The van der Waals surface area contributed by atoms with E-state index in [4.69, 9.17) is 0 Å². The molecular weight excluding hydrogens is 445 g/mol. The Morgan fingerprint density at radius 2 is 2.21 bits per heavy atom. The van der Waals surface area contributed by atoms with Gasteiger partial charge in [0.2, 0.25) is 0 Å². The number of benzene rings is 1. The van der Waals surface area contributed by atoms with Crippen molar-refractivity contribution in [3.8, 4) is 0 Å². The van der Waals surface area contributed by atoms with Crippen LogP contribution in [0.25, 0.3) is 0 Å². The first-order valence-electron chi connectivity index (χ1n) is 5.42. The average Bonchev–Trinajstić information content (AvgIpc) is 2.83. The van der Waals surface area contributed by atoms with Crippen LogP contribution in [0.4, 0.5) is 5.69 Å². The van der Waals surface area contributed by atoms with E-state index in [0.717, 1.165) is 3.57 Å². The number of sulfonamides is 1. The SMILES string of the molecule is CCn1cnc(S(=O)(=O)Nc2cc(I)ccc2Br)c1. The van der Waals surface area contributed by atoms with Gasteiger partial charge in [-0.3, -0.25) is 4.72 Å². The summed E-state index contributed by atoms with van der Waals surface area (Å²) in [6, 6.07) is 5.43. The molecule has 0 radical (unpaired) electrons. The molecule has 0 amide bonds. The first-order chi connectivity index (χ1) is 8.92. The van der Waals surface area contributed by atoms with Gasteiger partial charge in [-0.25, -0.2) is 4.98 Å². The van der Waals surface area contributed by atoms with Crippen molar-refractivity contribution in [2.24, 2.45) is 0 Å². The van der Waals surface area contributed by atoms with Gasteiger partial charge in [-0.15, -0.1) is 0 Å². The second kappa shape index (κ2) is 5.80. The molecular formula is C11H11BrIN3O2S. The van der Waals surface area contributed by atoms with Crippen molar-refractivity contribution in [2.75, 3.05) is 4.72 Å². The molecule has 0 saturated heterocycles. The molecule has 0 aliphatic rings. The number of rotatable bonds is 4. The summed E-state index contributed by atoms with van der Waals surface area (Å²) in [4.78, 5) is 3.90. The molecule has 0 bridgehead atoms. The number of hydrogen-bond donors (Lipinski definition) is 1. The van der Waals surface area contributed by atoms with Gasteiger partial charge in [-0.1, -0.05) is 0 Å². The van der Waals surface area contributed by atoms with E-state index in [1.165, 1.54) is 12.5 Å². The Morgan fingerprint density at radius 1 is 1.47 bits per heavy atom. The minimum atomic E-state index is -3.66. The smallest absolute Gasteiger partial charge is 0.280 e. The Kier molecular flexibility index (Phi) is 4.51. The second-order valence-corrected chi connectivity index (χ2v) is 7.50. The van der Waals surface area contributed by atoms with Crippen molar-refractivity contribution in [1.29, 1.82) is 0 Å². The lowest BCUT2D eigenvalue weighted by Gasteiger charge is -2.08. The van der Waals surface area contributed by atoms with Gasteiger partial charge in [0.15, 0.2) is 5.03 Å². The molecule has 0 fully saturated rings. The molecule has 1 heterocycles. The van der Waals surface area contributed by atoms with E-state index in [0.29, 0.717) is 16.7 Å². The number of imidazole rings is 1. The standard InChI is InChI=1S/C11H11BrIN3O2S/c1-2-16-6-11(14-7-16)19(17,18)15-10-5-8(13)3-4-9(10)12/h3-7,15H,2H2,1H3. The molecule has 2 rings (SSSR count). The third-order valence-corrected chi connectivity index (χ3v) is 5.04. The molecule has 0 spiro atoms. The lowest BCUT2D eigenvalue weighted by atomic mass is 10.3. The highest BCUT2D eigenvalue weighted by Crippen LogP contribution is 2.26. The molecule has 2 aromatic rings. The van der Waals surface area contributed by atoms with E-state index >= 15 is 0 Å². The van der Waals surface area contributed by atoms with E-state index < -0.39 is 10.0 Å². The molecule has 1 N–H and O–H groups in total. The van der Waals surface area contributed by atoms with E-state index in [1.54, 1.807) is 16.7 Å². The van der Waals surface area contributed by atoms with Crippen LogP contribution >= 0.6 is 38.5 Å². The van der Waals surface area contributed by atoms with Gasteiger partial charge in [0.05, 0.1) is 12.0 Å². The van der Waals surface area contributed by atoms with Crippen molar-refractivity contribution >= 4 is 54.2 Å². The van der Waals surface area contributed by atoms with Gasteiger partial charge in [-0.2, -0.15) is 8.42 Å². The lowest BCUT2D eigenvalue weighted by molar-refractivity contribution is 0.598. The third-order valence-electron chi connectivity index (χ3n) is 2.42. The van der Waals surface area contributed by atoms with Crippen LogP contribution in [0.15, 0.2) is 40.2 Å². The van der Waals surface area contributed by atoms with Crippen molar-refractivity contribution in [2.45, 2.75) is 18.5 Å². The summed E-state index contributed by atoms with van der Waals surface area (Å²) < 4.78 is 30.2. The highest BCUT2D eigenvalue weighted by molar-refractivity contribution is 14.1. The van der Waals surface area contributed by atoms with Gasteiger partial charge in [0.25, 0.3) is 10.0 Å². The lowest BCUT2D eigenvalue weighted by Crippen LogP contribution is -2.14. The molecule has 1 aromatic heterocycles. The van der Waals surface area contributed by atoms with E-state index in [-0.39, 0.29) is 5.03 Å². The van der Waals surface area contributed by atoms with Crippen LogP contribution in [0, 0.1) is 3.57 Å². The Balaban J connectivity index is 2.33. The van der Waals surface area contributed by atoms with Crippen LogP contribution in [0.3, 0.4) is 0 Å². The van der Waals surface area contributed by atoms with Crippen LogP contribution in [-0.2, 0) is 16.6 Å². The Bertz CT molecular complexity index is 700. The summed E-state index contributed by atoms with van der Waals surface area (Å²) in [6.07, 6.45) is 3.00. The molecule has 0 saturated carbocycles. The highest BCUT2D eigenvalue weighted by Gasteiger charge is 2.18. The number of anilines is 1. The summed E-state index contributed by atoms with van der Waals surface area (Å²) >= 11 is 5.44. The van der Waals surface area contributed by atoms with Crippen LogP contribution in [-0.4, -0.2) is 18.0 Å².